The lowest BCUT2D eigenvalue weighted by molar-refractivity contribution is -0.0873. The van der Waals surface area contributed by atoms with Crippen LogP contribution in [0.25, 0.3) is 11.5 Å². The minimum atomic E-state index is -3.95. The maximum Gasteiger partial charge on any atom is 0.314 e. The number of anilines is 1. The van der Waals surface area contributed by atoms with Crippen molar-refractivity contribution < 1.29 is 26.4 Å². The first-order chi connectivity index (χ1) is 17.7. The first kappa shape index (κ1) is 25.9. The lowest BCUT2D eigenvalue weighted by Crippen LogP contribution is -2.62. The second-order valence-electron chi connectivity index (χ2n) is 8.91. The zero-order valence-electron chi connectivity index (χ0n) is 19.9. The Labute approximate surface area is 218 Å². The predicted molar refractivity (Wildman–Crippen MR) is 131 cm³/mol. The molecule has 2 aromatic heterocycles. The average molecular weight is 555 g/mol. The molecule has 198 valence electrons. The molecule has 2 aliphatic rings. The summed E-state index contributed by atoms with van der Waals surface area (Å²) in [6, 6.07) is 10.1. The monoisotopic (exact) mass is 554 g/mol. The van der Waals surface area contributed by atoms with Crippen LogP contribution in [0.1, 0.15) is 24.9 Å². The van der Waals surface area contributed by atoms with Crippen LogP contribution < -0.4 is 4.31 Å². The van der Waals surface area contributed by atoms with Gasteiger partial charge in [-0.2, -0.15) is 21.5 Å². The Kier molecular flexibility index (Phi) is 7.41. The number of piperazine rings is 1. The standard InChI is InChI=1S/C23H25ClF2N6O4S/c1-15-11-30(7-8-31(15)20-13-35-14-20)37(33,34)32(19-4-2-3-17(24)9-19)12-18-6-5-16(10-27-18)22-28-29-23(36-22)21(25)26/h2-6,9-10,15,20-21H,7-8,11-14H2,1H3. The molecule has 2 saturated heterocycles. The van der Waals surface area contributed by atoms with Gasteiger partial charge < -0.3 is 9.15 Å². The first-order valence-corrected chi connectivity index (χ1v) is 13.4. The lowest BCUT2D eigenvalue weighted by atomic mass is 10.1. The molecule has 0 amide bonds. The maximum atomic E-state index is 13.9. The van der Waals surface area contributed by atoms with Crippen molar-refractivity contribution in [2.75, 3.05) is 37.2 Å². The van der Waals surface area contributed by atoms with Crippen LogP contribution in [0.15, 0.2) is 47.0 Å². The highest BCUT2D eigenvalue weighted by atomic mass is 35.5. The number of halogens is 3. The van der Waals surface area contributed by atoms with Gasteiger partial charge in [0.1, 0.15) is 0 Å². The van der Waals surface area contributed by atoms with Crippen molar-refractivity contribution in [2.24, 2.45) is 0 Å². The van der Waals surface area contributed by atoms with Gasteiger partial charge in [0.15, 0.2) is 0 Å². The van der Waals surface area contributed by atoms with Gasteiger partial charge in [-0.3, -0.25) is 14.2 Å². The quantitative estimate of drug-likeness (QED) is 0.417. The number of aromatic nitrogens is 3. The van der Waals surface area contributed by atoms with Gasteiger partial charge in [0.25, 0.3) is 5.89 Å². The van der Waals surface area contributed by atoms with E-state index < -0.39 is 22.5 Å². The summed E-state index contributed by atoms with van der Waals surface area (Å²) in [7, 11) is -3.95. The summed E-state index contributed by atoms with van der Waals surface area (Å²) in [4.78, 5) is 6.62. The highest BCUT2D eigenvalue weighted by Gasteiger charge is 2.39. The summed E-state index contributed by atoms with van der Waals surface area (Å²) in [5, 5.41) is 7.33. The fourth-order valence-corrected chi connectivity index (χ4v) is 6.27. The number of rotatable bonds is 8. The van der Waals surface area contributed by atoms with Crippen LogP contribution >= 0.6 is 11.6 Å². The molecule has 0 saturated carbocycles. The Hall–Kier alpha value is -2.71. The number of nitrogens with zero attached hydrogens (tertiary/aromatic N) is 6. The molecule has 14 heteroatoms. The molecule has 10 nitrogen and oxygen atoms in total. The number of ether oxygens (including phenoxy) is 1. The summed E-state index contributed by atoms with van der Waals surface area (Å²) >= 11 is 6.19. The van der Waals surface area contributed by atoms with Crippen LogP contribution in [-0.2, 0) is 21.5 Å². The second-order valence-corrected chi connectivity index (χ2v) is 11.2. The van der Waals surface area contributed by atoms with Crippen LogP contribution in [0.2, 0.25) is 5.02 Å². The van der Waals surface area contributed by atoms with Crippen LogP contribution in [0.3, 0.4) is 0 Å². The van der Waals surface area contributed by atoms with E-state index in [0.717, 1.165) is 0 Å². The van der Waals surface area contributed by atoms with E-state index in [1.54, 1.807) is 36.4 Å². The van der Waals surface area contributed by atoms with Gasteiger partial charge in [0.05, 0.1) is 42.7 Å². The van der Waals surface area contributed by atoms with Gasteiger partial charge in [-0.1, -0.05) is 17.7 Å². The number of pyridine rings is 1. The third-order valence-corrected chi connectivity index (χ3v) is 8.55. The minimum absolute atomic E-state index is 0.0311. The number of hydrogen-bond acceptors (Lipinski definition) is 8. The van der Waals surface area contributed by atoms with Crippen molar-refractivity contribution in [2.45, 2.75) is 32.0 Å². The van der Waals surface area contributed by atoms with E-state index in [4.69, 9.17) is 20.8 Å². The van der Waals surface area contributed by atoms with Gasteiger partial charge in [-0.25, -0.2) is 0 Å². The molecular weight excluding hydrogens is 530 g/mol. The molecule has 1 atom stereocenters. The van der Waals surface area contributed by atoms with Crippen molar-refractivity contribution >= 4 is 27.5 Å². The van der Waals surface area contributed by atoms with Crippen LogP contribution in [-0.4, -0.2) is 77.7 Å². The second kappa shape index (κ2) is 10.6. The van der Waals surface area contributed by atoms with Gasteiger partial charge in [0, 0.05) is 36.9 Å². The van der Waals surface area contributed by atoms with Gasteiger partial charge in [-0.15, -0.1) is 10.2 Å². The Bertz CT molecular complexity index is 1340. The molecule has 0 N–H and O–H groups in total. The number of benzene rings is 1. The summed E-state index contributed by atoms with van der Waals surface area (Å²) in [5.41, 5.74) is 1.17. The van der Waals surface area contributed by atoms with E-state index in [1.807, 2.05) is 6.92 Å². The van der Waals surface area contributed by atoms with E-state index >= 15 is 0 Å². The highest BCUT2D eigenvalue weighted by Crippen LogP contribution is 2.29. The SMILES string of the molecule is CC1CN(S(=O)(=O)N(Cc2ccc(-c3nnc(C(F)F)o3)cn2)c2cccc(Cl)c2)CCN1C1COC1. The van der Waals surface area contributed by atoms with Crippen molar-refractivity contribution in [1.82, 2.24) is 24.4 Å². The number of hydrogen-bond donors (Lipinski definition) is 0. The third kappa shape index (κ3) is 5.46. The lowest BCUT2D eigenvalue weighted by Gasteiger charge is -2.46. The predicted octanol–water partition coefficient (Wildman–Crippen LogP) is 3.38. The highest BCUT2D eigenvalue weighted by molar-refractivity contribution is 7.90. The van der Waals surface area contributed by atoms with E-state index in [1.165, 1.54) is 14.8 Å². The summed E-state index contributed by atoms with van der Waals surface area (Å²) in [6.45, 7) is 4.57. The molecule has 37 heavy (non-hydrogen) atoms. The Morgan fingerprint density at radius 2 is 2.00 bits per heavy atom. The van der Waals surface area contributed by atoms with Gasteiger partial charge in [-0.05, 0) is 37.3 Å². The summed E-state index contributed by atoms with van der Waals surface area (Å²) < 4.78 is 66.4. The molecule has 1 unspecified atom stereocenters. The Morgan fingerprint density at radius 1 is 1.19 bits per heavy atom. The first-order valence-electron chi connectivity index (χ1n) is 11.7. The molecule has 2 aliphatic heterocycles. The van der Waals surface area contributed by atoms with E-state index in [-0.39, 0.29) is 18.5 Å². The normalized spacial score (nSPS) is 19.8. The Balaban J connectivity index is 1.39. The van der Waals surface area contributed by atoms with E-state index in [2.05, 4.69) is 20.1 Å². The molecule has 2 fully saturated rings. The fraction of sp³-hybridized carbons (Fsp3) is 0.435. The fourth-order valence-electron chi connectivity index (χ4n) is 4.41. The third-order valence-electron chi connectivity index (χ3n) is 6.44. The number of alkyl halides is 2. The smallest absolute Gasteiger partial charge is 0.314 e. The van der Waals surface area contributed by atoms with Crippen molar-refractivity contribution in [3.05, 3.63) is 59.2 Å². The van der Waals surface area contributed by atoms with Crippen molar-refractivity contribution in [1.29, 1.82) is 0 Å². The average Bonchev–Trinajstić information content (AvgIpc) is 3.34. The molecule has 0 radical (unpaired) electrons. The molecule has 0 bridgehead atoms. The zero-order chi connectivity index (χ0) is 26.2. The summed E-state index contributed by atoms with van der Waals surface area (Å²) in [6.07, 6.45) is -1.50. The van der Waals surface area contributed by atoms with Crippen molar-refractivity contribution in [3.8, 4) is 11.5 Å². The van der Waals surface area contributed by atoms with Gasteiger partial charge >= 0.3 is 16.6 Å². The zero-order valence-corrected chi connectivity index (χ0v) is 21.4. The molecule has 0 spiro atoms. The van der Waals surface area contributed by atoms with Crippen LogP contribution in [0.5, 0.6) is 0 Å². The molecule has 4 heterocycles. The van der Waals surface area contributed by atoms with Crippen LogP contribution in [0, 0.1) is 0 Å². The van der Waals surface area contributed by atoms with E-state index in [9.17, 15) is 17.2 Å². The molecule has 1 aromatic carbocycles. The van der Waals surface area contributed by atoms with Crippen LogP contribution in [0.4, 0.5) is 14.5 Å². The molecule has 0 aliphatic carbocycles. The minimum Gasteiger partial charge on any atom is -0.415 e. The largest absolute Gasteiger partial charge is 0.415 e. The molecular formula is C23H25ClF2N6O4S. The maximum absolute atomic E-state index is 13.9. The van der Waals surface area contributed by atoms with Gasteiger partial charge in [0.2, 0.25) is 5.89 Å². The van der Waals surface area contributed by atoms with E-state index in [0.29, 0.717) is 60.9 Å². The van der Waals surface area contributed by atoms with Crippen molar-refractivity contribution in [3.63, 3.8) is 0 Å². The molecule has 3 aromatic rings. The topological polar surface area (TPSA) is 105 Å². The summed E-state index contributed by atoms with van der Waals surface area (Å²) in [5.74, 6) is -0.881. The molecule has 5 rings (SSSR count). The Morgan fingerprint density at radius 3 is 2.59 bits per heavy atom.